The van der Waals surface area contributed by atoms with Crippen molar-refractivity contribution in [3.05, 3.63) is 34.6 Å². The smallest absolute Gasteiger partial charge is 0.255 e. The Bertz CT molecular complexity index is 1020. The number of piperidine rings is 1. The minimum atomic E-state index is -2.52. The molecule has 1 aromatic carbocycles. The Balaban J connectivity index is 0.000000202. The third-order valence-corrected chi connectivity index (χ3v) is 7.37. The molecule has 0 bridgehead atoms. The summed E-state index contributed by atoms with van der Waals surface area (Å²) in [5.41, 5.74) is 0.492. The van der Waals surface area contributed by atoms with Crippen LogP contribution in [-0.4, -0.2) is 67.1 Å². The van der Waals surface area contributed by atoms with Gasteiger partial charge in [0.15, 0.2) is 0 Å². The maximum Gasteiger partial charge on any atom is 0.255 e. The molecule has 4 aliphatic rings. The Morgan fingerprint density at radius 3 is 2.39 bits per heavy atom. The molecular formula is C27H37BF3N3O4. The van der Waals surface area contributed by atoms with Crippen LogP contribution in [0.3, 0.4) is 0 Å². The van der Waals surface area contributed by atoms with Gasteiger partial charge in [0.05, 0.1) is 21.0 Å². The number of nitrogens with zero attached hydrogens (tertiary/aromatic N) is 1. The van der Waals surface area contributed by atoms with Gasteiger partial charge in [0, 0.05) is 43.0 Å². The van der Waals surface area contributed by atoms with Crippen molar-refractivity contribution in [3.63, 3.8) is 0 Å². The lowest BCUT2D eigenvalue weighted by Gasteiger charge is -2.42. The molecule has 208 valence electrons. The van der Waals surface area contributed by atoms with Gasteiger partial charge in [-0.2, -0.15) is 0 Å². The zero-order valence-electron chi connectivity index (χ0n) is 22.4. The number of alkyl halides is 2. The number of carbonyl (C=O) groups is 3. The Hall–Kier alpha value is -2.40. The van der Waals surface area contributed by atoms with E-state index in [2.05, 4.69) is 10.6 Å². The molecule has 3 heterocycles. The number of ether oxygens (including phenoxy) is 1. The molecule has 2 saturated heterocycles. The molecule has 2 radical (unpaired) electrons. The summed E-state index contributed by atoms with van der Waals surface area (Å²) in [6.07, 6.45) is 2.99. The molecule has 38 heavy (non-hydrogen) atoms. The van der Waals surface area contributed by atoms with Crippen molar-refractivity contribution in [3.8, 4) is 0 Å². The maximum atomic E-state index is 14.0. The fraction of sp³-hybridized carbons (Fsp3) is 0.667. The standard InChI is InChI=1S/C14H13FN2O3.C11H18BF2NO.C2H6/c1-7-2-3-8-9(12(7)15)6-17(14(8)20)10-4-5-11(18)16-13(10)19;12-10(3-5-11(13,14)6-4-10)15-9-2-1-7-16-8-9;1-2/h2-3,10H,4-6H2,1H3,(H,16,18,19);9,15H,1-8H2;1-2H3. The second kappa shape index (κ2) is 12.6. The number of fused-ring (bicyclic) bond motifs is 1. The van der Waals surface area contributed by atoms with Crippen LogP contribution < -0.4 is 10.6 Å². The van der Waals surface area contributed by atoms with Crippen molar-refractivity contribution >= 4 is 25.6 Å². The van der Waals surface area contributed by atoms with E-state index in [0.29, 0.717) is 36.1 Å². The van der Waals surface area contributed by atoms with Gasteiger partial charge in [-0.15, -0.1) is 0 Å². The molecule has 11 heteroatoms. The minimum Gasteiger partial charge on any atom is -0.380 e. The molecule has 7 nitrogen and oxygen atoms in total. The quantitative estimate of drug-likeness (QED) is 0.455. The maximum absolute atomic E-state index is 14.0. The lowest BCUT2D eigenvalue weighted by atomic mass is 9.66. The number of nitrogens with one attached hydrogen (secondary N) is 2. The minimum absolute atomic E-state index is 0.0773. The van der Waals surface area contributed by atoms with Gasteiger partial charge in [0.25, 0.3) is 5.91 Å². The van der Waals surface area contributed by atoms with Crippen LogP contribution in [-0.2, 0) is 20.9 Å². The number of rotatable bonds is 3. The van der Waals surface area contributed by atoms with E-state index >= 15 is 0 Å². The number of hydrogen-bond acceptors (Lipinski definition) is 5. The number of aryl methyl sites for hydroxylation is 1. The molecule has 2 atom stereocenters. The van der Waals surface area contributed by atoms with Crippen LogP contribution in [0, 0.1) is 12.7 Å². The van der Waals surface area contributed by atoms with Crippen LogP contribution in [0.1, 0.15) is 86.7 Å². The van der Waals surface area contributed by atoms with E-state index in [1.54, 1.807) is 19.1 Å². The molecule has 1 saturated carbocycles. The first-order valence-electron chi connectivity index (χ1n) is 13.4. The summed E-state index contributed by atoms with van der Waals surface area (Å²) in [5, 5.41) is 5.51. The highest BCUT2D eigenvalue weighted by molar-refractivity contribution is 6.15. The van der Waals surface area contributed by atoms with Gasteiger partial charge in [-0.25, -0.2) is 13.2 Å². The van der Waals surface area contributed by atoms with Crippen molar-refractivity contribution in [2.75, 3.05) is 13.2 Å². The number of imide groups is 1. The number of hydrogen-bond donors (Lipinski definition) is 2. The molecule has 3 fully saturated rings. The van der Waals surface area contributed by atoms with Crippen molar-refractivity contribution in [1.29, 1.82) is 0 Å². The first-order chi connectivity index (χ1) is 18.0. The first kappa shape index (κ1) is 30.2. The second-order valence-corrected chi connectivity index (χ2v) is 10.2. The Labute approximate surface area is 223 Å². The largest absolute Gasteiger partial charge is 0.380 e. The van der Waals surface area contributed by atoms with Crippen LogP contribution in [0.4, 0.5) is 13.2 Å². The highest BCUT2D eigenvalue weighted by Crippen LogP contribution is 2.37. The molecule has 1 aliphatic carbocycles. The van der Waals surface area contributed by atoms with Crippen LogP contribution in [0.25, 0.3) is 0 Å². The summed E-state index contributed by atoms with van der Waals surface area (Å²) >= 11 is 0. The molecule has 2 unspecified atom stereocenters. The summed E-state index contributed by atoms with van der Waals surface area (Å²) in [6.45, 7) is 7.16. The van der Waals surface area contributed by atoms with Gasteiger partial charge in [0.1, 0.15) is 11.9 Å². The predicted molar refractivity (Wildman–Crippen MR) is 137 cm³/mol. The van der Waals surface area contributed by atoms with Gasteiger partial charge >= 0.3 is 0 Å². The van der Waals surface area contributed by atoms with Crippen LogP contribution in [0.15, 0.2) is 12.1 Å². The topological polar surface area (TPSA) is 87.7 Å². The third kappa shape index (κ3) is 7.17. The molecule has 5 rings (SSSR count). The first-order valence-corrected chi connectivity index (χ1v) is 13.4. The van der Waals surface area contributed by atoms with Crippen LogP contribution in [0.5, 0.6) is 0 Å². The van der Waals surface area contributed by atoms with E-state index in [9.17, 15) is 27.6 Å². The SMILES string of the molecule is CC.Cc1ccc2c(c1F)CN(C1CCC(=O)NC1=O)C2=O.[B]C1(NC2CCCOC2)CCC(F)(F)CC1. The highest BCUT2D eigenvalue weighted by atomic mass is 19.3. The number of benzene rings is 1. The van der Waals surface area contributed by atoms with E-state index in [4.69, 9.17) is 12.6 Å². The predicted octanol–water partition coefficient (Wildman–Crippen LogP) is 3.75. The molecule has 0 spiro atoms. The van der Waals surface area contributed by atoms with E-state index in [1.807, 2.05) is 13.8 Å². The van der Waals surface area contributed by atoms with Crippen molar-refractivity contribution in [2.45, 2.75) is 102 Å². The average Bonchev–Trinajstić information content (AvgIpc) is 3.22. The fourth-order valence-corrected chi connectivity index (χ4v) is 5.19. The van der Waals surface area contributed by atoms with E-state index in [1.165, 1.54) is 4.90 Å². The normalized spacial score (nSPS) is 25.8. The molecule has 1 aromatic rings. The summed E-state index contributed by atoms with van der Waals surface area (Å²) in [7, 11) is 6.11. The molecular weight excluding hydrogens is 498 g/mol. The van der Waals surface area contributed by atoms with Crippen LogP contribution >= 0.6 is 0 Å². The zero-order valence-corrected chi connectivity index (χ0v) is 22.4. The van der Waals surface area contributed by atoms with E-state index in [0.717, 1.165) is 19.4 Å². The van der Waals surface area contributed by atoms with E-state index in [-0.39, 0.29) is 50.1 Å². The summed E-state index contributed by atoms with van der Waals surface area (Å²) < 4.78 is 45.4. The van der Waals surface area contributed by atoms with Gasteiger partial charge < -0.3 is 15.0 Å². The van der Waals surface area contributed by atoms with Crippen molar-refractivity contribution in [1.82, 2.24) is 15.5 Å². The van der Waals surface area contributed by atoms with Crippen molar-refractivity contribution in [2.24, 2.45) is 0 Å². The monoisotopic (exact) mass is 535 g/mol. The lowest BCUT2D eigenvalue weighted by Crippen LogP contribution is -2.56. The lowest BCUT2D eigenvalue weighted by molar-refractivity contribution is -0.136. The Morgan fingerprint density at radius 1 is 1.11 bits per heavy atom. The van der Waals surface area contributed by atoms with Crippen molar-refractivity contribution < 1.29 is 32.3 Å². The Kier molecular flexibility index (Phi) is 10.0. The second-order valence-electron chi connectivity index (χ2n) is 10.2. The Morgan fingerprint density at radius 2 is 1.79 bits per heavy atom. The zero-order chi connectivity index (χ0) is 28.1. The summed E-state index contributed by atoms with van der Waals surface area (Å²) in [5.74, 6) is -4.09. The summed E-state index contributed by atoms with van der Waals surface area (Å²) in [4.78, 5) is 36.6. The molecule has 3 amide bonds. The van der Waals surface area contributed by atoms with Gasteiger partial charge in [-0.1, -0.05) is 19.9 Å². The molecule has 2 N–H and O–H groups in total. The fourth-order valence-electron chi connectivity index (χ4n) is 5.19. The summed E-state index contributed by atoms with van der Waals surface area (Å²) in [6, 6.07) is 2.67. The van der Waals surface area contributed by atoms with Gasteiger partial charge in [-0.3, -0.25) is 19.7 Å². The number of amides is 3. The molecule has 0 aromatic heterocycles. The van der Waals surface area contributed by atoms with Crippen LogP contribution in [0.2, 0.25) is 0 Å². The van der Waals surface area contributed by atoms with Gasteiger partial charge in [-0.05, 0) is 56.1 Å². The van der Waals surface area contributed by atoms with E-state index < -0.39 is 29.1 Å². The number of carbonyl (C=O) groups excluding carboxylic acids is 3. The number of halogens is 3. The van der Waals surface area contributed by atoms with Gasteiger partial charge in [0.2, 0.25) is 17.7 Å². The molecule has 3 aliphatic heterocycles. The average molecular weight is 535 g/mol. The third-order valence-electron chi connectivity index (χ3n) is 7.37. The highest BCUT2D eigenvalue weighted by Gasteiger charge is 2.42.